The number of thiophene rings is 1. The van der Waals surface area contributed by atoms with Crippen LogP contribution in [-0.2, 0) is 16.0 Å². The molecule has 6 nitrogen and oxygen atoms in total. The van der Waals surface area contributed by atoms with Crippen molar-refractivity contribution in [3.05, 3.63) is 38.5 Å². The van der Waals surface area contributed by atoms with Gasteiger partial charge in [0.05, 0.1) is 40.8 Å². The van der Waals surface area contributed by atoms with E-state index in [-0.39, 0.29) is 24.7 Å². The first-order valence-corrected chi connectivity index (χ1v) is 11.9. The van der Waals surface area contributed by atoms with Gasteiger partial charge in [-0.25, -0.2) is 4.98 Å². The van der Waals surface area contributed by atoms with Gasteiger partial charge in [0.15, 0.2) is 5.13 Å². The molecule has 0 atom stereocenters. The summed E-state index contributed by atoms with van der Waals surface area (Å²) in [4.78, 5) is 23.0. The molecule has 2 aromatic heterocycles. The average Bonchev–Trinajstić information content (AvgIpc) is 3.36. The number of hydrogen-bond donors (Lipinski definition) is 0. The second-order valence-electron chi connectivity index (χ2n) is 6.81. The first-order chi connectivity index (χ1) is 14.5. The van der Waals surface area contributed by atoms with Gasteiger partial charge in [-0.05, 0) is 24.3 Å². The molecular weight excluding hydrogens is 501 g/mol. The highest BCUT2D eigenvalue weighted by molar-refractivity contribution is 7.23. The molecule has 31 heavy (non-hydrogen) atoms. The van der Waals surface area contributed by atoms with Gasteiger partial charge in [0.25, 0.3) is 0 Å². The number of carbonyl (C=O) groups is 1. The topological polar surface area (TPSA) is 54.9 Å². The lowest BCUT2D eigenvalue weighted by molar-refractivity contribution is -0.118. The third-order valence-corrected chi connectivity index (χ3v) is 7.67. The van der Waals surface area contributed by atoms with Gasteiger partial charge in [-0.2, -0.15) is 0 Å². The Kier molecular flexibility index (Phi) is 8.81. The molecule has 1 aromatic carbocycles. The predicted molar refractivity (Wildman–Crippen MR) is 131 cm³/mol. The Morgan fingerprint density at radius 3 is 2.68 bits per heavy atom. The molecule has 0 unspecified atom stereocenters. The number of nitrogens with zero attached hydrogens (tertiary/aromatic N) is 3. The molecule has 0 saturated carbocycles. The molecule has 3 aromatic rings. The van der Waals surface area contributed by atoms with Crippen LogP contribution in [-0.4, -0.2) is 62.3 Å². The number of halogens is 3. The Hall–Kier alpha value is -1.13. The van der Waals surface area contributed by atoms with Crippen LogP contribution in [0.25, 0.3) is 10.2 Å². The number of rotatable bonds is 7. The molecule has 1 fully saturated rings. The molecule has 1 saturated heterocycles. The SMILES string of the molecule is COc1ccc(Cl)c2sc(N(CCN3CCOCC3)C(=O)Cc3ccc(Cl)s3)nc12.Cl. The molecule has 1 aliphatic heterocycles. The predicted octanol–water partition coefficient (Wildman–Crippen LogP) is 5.00. The smallest absolute Gasteiger partial charge is 0.234 e. The third-order valence-electron chi connectivity index (χ3n) is 4.90. The summed E-state index contributed by atoms with van der Waals surface area (Å²) in [5, 5.41) is 1.22. The fourth-order valence-electron chi connectivity index (χ4n) is 3.31. The Labute approximate surface area is 205 Å². The summed E-state index contributed by atoms with van der Waals surface area (Å²) < 4.78 is 12.4. The van der Waals surface area contributed by atoms with E-state index in [1.54, 1.807) is 24.1 Å². The monoisotopic (exact) mass is 521 g/mol. The Balaban J connectivity index is 0.00000272. The summed E-state index contributed by atoms with van der Waals surface area (Å²) in [7, 11) is 1.60. The highest BCUT2D eigenvalue weighted by Crippen LogP contribution is 2.39. The number of aromatic nitrogens is 1. The zero-order chi connectivity index (χ0) is 21.1. The van der Waals surface area contributed by atoms with Crippen molar-refractivity contribution in [2.24, 2.45) is 0 Å². The van der Waals surface area contributed by atoms with Crippen LogP contribution < -0.4 is 9.64 Å². The lowest BCUT2D eigenvalue weighted by Gasteiger charge is -2.29. The van der Waals surface area contributed by atoms with Crippen LogP contribution in [0.4, 0.5) is 5.13 Å². The zero-order valence-electron chi connectivity index (χ0n) is 16.8. The first-order valence-electron chi connectivity index (χ1n) is 9.53. The number of fused-ring (bicyclic) bond motifs is 1. The molecule has 0 bridgehead atoms. The summed E-state index contributed by atoms with van der Waals surface area (Å²) in [6, 6.07) is 7.29. The minimum atomic E-state index is -0.0177. The quantitative estimate of drug-likeness (QED) is 0.437. The number of hydrogen-bond acceptors (Lipinski definition) is 7. The standard InChI is InChI=1S/C20H21Cl2N3O3S2.ClH/c1-27-15-4-3-14(21)19-18(15)23-20(30-19)25(7-6-24-8-10-28-11-9-24)17(26)12-13-2-5-16(22)29-13;/h2-5H,6-12H2,1H3;1H. The lowest BCUT2D eigenvalue weighted by Crippen LogP contribution is -2.43. The van der Waals surface area contributed by atoms with Crippen molar-refractivity contribution in [1.82, 2.24) is 9.88 Å². The van der Waals surface area contributed by atoms with E-state index in [0.717, 1.165) is 42.4 Å². The Bertz CT molecular complexity index is 1040. The van der Waals surface area contributed by atoms with Gasteiger partial charge < -0.3 is 9.47 Å². The number of ether oxygens (including phenoxy) is 2. The molecule has 1 amide bonds. The van der Waals surface area contributed by atoms with E-state index >= 15 is 0 Å². The van der Waals surface area contributed by atoms with E-state index in [1.807, 2.05) is 12.1 Å². The minimum Gasteiger partial charge on any atom is -0.494 e. The van der Waals surface area contributed by atoms with Crippen LogP contribution in [0, 0.1) is 0 Å². The second kappa shape index (κ2) is 11.1. The average molecular weight is 523 g/mol. The van der Waals surface area contributed by atoms with E-state index < -0.39 is 0 Å². The maximum atomic E-state index is 13.3. The van der Waals surface area contributed by atoms with E-state index in [2.05, 4.69) is 4.90 Å². The summed E-state index contributed by atoms with van der Waals surface area (Å²) in [5.41, 5.74) is 0.674. The van der Waals surface area contributed by atoms with E-state index in [0.29, 0.717) is 32.3 Å². The van der Waals surface area contributed by atoms with Gasteiger partial charge in [-0.15, -0.1) is 23.7 Å². The fourth-order valence-corrected chi connectivity index (χ4v) is 5.68. The third kappa shape index (κ3) is 5.82. The van der Waals surface area contributed by atoms with Gasteiger partial charge in [0.2, 0.25) is 5.91 Å². The summed E-state index contributed by atoms with van der Waals surface area (Å²) in [6.45, 7) is 4.45. The van der Waals surface area contributed by atoms with Crippen molar-refractivity contribution in [3.8, 4) is 5.75 Å². The van der Waals surface area contributed by atoms with Crippen molar-refractivity contribution in [1.29, 1.82) is 0 Å². The largest absolute Gasteiger partial charge is 0.494 e. The molecule has 3 heterocycles. The van der Waals surface area contributed by atoms with Crippen LogP contribution in [0.15, 0.2) is 24.3 Å². The number of carbonyl (C=O) groups excluding carboxylic acids is 1. The van der Waals surface area contributed by atoms with Gasteiger partial charge in [-0.3, -0.25) is 14.6 Å². The fraction of sp³-hybridized carbons (Fsp3) is 0.400. The molecule has 0 radical (unpaired) electrons. The van der Waals surface area contributed by atoms with Crippen LogP contribution in [0.2, 0.25) is 9.36 Å². The number of methoxy groups -OCH3 is 1. The Morgan fingerprint density at radius 2 is 2.00 bits per heavy atom. The van der Waals surface area contributed by atoms with Gasteiger partial charge >= 0.3 is 0 Å². The van der Waals surface area contributed by atoms with Crippen LogP contribution in [0.1, 0.15) is 4.88 Å². The minimum absolute atomic E-state index is 0. The molecule has 1 aliphatic rings. The summed E-state index contributed by atoms with van der Waals surface area (Å²) in [6.07, 6.45) is 0.279. The molecule has 0 spiro atoms. The maximum absolute atomic E-state index is 13.3. The van der Waals surface area contributed by atoms with Crippen molar-refractivity contribution in [2.75, 3.05) is 51.4 Å². The number of amides is 1. The zero-order valence-corrected chi connectivity index (χ0v) is 20.8. The maximum Gasteiger partial charge on any atom is 0.234 e. The molecule has 0 aliphatic carbocycles. The van der Waals surface area contributed by atoms with E-state index in [9.17, 15) is 4.79 Å². The highest BCUT2D eigenvalue weighted by atomic mass is 35.5. The van der Waals surface area contributed by atoms with Gasteiger partial charge in [-0.1, -0.05) is 34.5 Å². The summed E-state index contributed by atoms with van der Waals surface area (Å²) >= 11 is 15.3. The molecule has 4 rings (SSSR count). The van der Waals surface area contributed by atoms with Crippen molar-refractivity contribution < 1.29 is 14.3 Å². The van der Waals surface area contributed by atoms with Crippen LogP contribution >= 0.6 is 58.3 Å². The number of morpholine rings is 1. The highest BCUT2D eigenvalue weighted by Gasteiger charge is 2.24. The van der Waals surface area contributed by atoms with E-state index in [1.165, 1.54) is 22.7 Å². The van der Waals surface area contributed by atoms with Crippen molar-refractivity contribution in [3.63, 3.8) is 0 Å². The van der Waals surface area contributed by atoms with Crippen molar-refractivity contribution >= 4 is 79.5 Å². The van der Waals surface area contributed by atoms with Gasteiger partial charge in [0.1, 0.15) is 11.3 Å². The van der Waals surface area contributed by atoms with Crippen molar-refractivity contribution in [2.45, 2.75) is 6.42 Å². The second-order valence-corrected chi connectivity index (χ2v) is 9.99. The molecule has 168 valence electrons. The van der Waals surface area contributed by atoms with E-state index in [4.69, 9.17) is 37.7 Å². The van der Waals surface area contributed by atoms with Crippen LogP contribution in [0.3, 0.4) is 0 Å². The number of thiazole rings is 1. The molecule has 11 heteroatoms. The number of anilines is 1. The Morgan fingerprint density at radius 1 is 1.23 bits per heavy atom. The van der Waals surface area contributed by atoms with Crippen LogP contribution in [0.5, 0.6) is 5.75 Å². The molecule has 0 N–H and O–H groups in total. The van der Waals surface area contributed by atoms with Gasteiger partial charge in [0, 0.05) is 31.1 Å². The number of benzene rings is 1. The normalized spacial score (nSPS) is 14.4. The molecular formula is C20H22Cl3N3O3S2. The lowest BCUT2D eigenvalue weighted by atomic mass is 10.3. The summed E-state index contributed by atoms with van der Waals surface area (Å²) in [5.74, 6) is 0.624. The first kappa shape index (κ1) is 24.5.